The summed E-state index contributed by atoms with van der Waals surface area (Å²) < 4.78 is 0. The van der Waals surface area contributed by atoms with Gasteiger partial charge in [-0.25, -0.2) is 4.98 Å². The van der Waals surface area contributed by atoms with Crippen molar-refractivity contribution in [2.45, 2.75) is 26.0 Å². The van der Waals surface area contributed by atoms with E-state index in [2.05, 4.69) is 9.88 Å². The Hall–Kier alpha value is -0.350. The molecule has 0 bridgehead atoms. The van der Waals surface area contributed by atoms with Gasteiger partial charge in [0.15, 0.2) is 0 Å². The predicted octanol–water partition coefficient (Wildman–Crippen LogP) is 2.59. The van der Waals surface area contributed by atoms with Gasteiger partial charge in [0.1, 0.15) is 10.3 Å². The third kappa shape index (κ3) is 5.12. The van der Waals surface area contributed by atoms with Crippen molar-refractivity contribution in [1.29, 1.82) is 0 Å². The molecule has 1 unspecified atom stereocenters. The third-order valence-corrected chi connectivity index (χ3v) is 2.59. The monoisotopic (exact) mass is 262 g/mol. The Bertz CT molecular complexity index is 325. The van der Waals surface area contributed by atoms with Crippen LogP contribution in [0.3, 0.4) is 0 Å². The summed E-state index contributed by atoms with van der Waals surface area (Å²) in [7, 11) is 1.99. The van der Waals surface area contributed by atoms with Gasteiger partial charge in [-0.2, -0.15) is 0 Å². The average molecular weight is 263 g/mol. The molecule has 0 radical (unpaired) electrons. The minimum absolute atomic E-state index is 0.271. The fourth-order valence-corrected chi connectivity index (χ4v) is 1.91. The van der Waals surface area contributed by atoms with Gasteiger partial charge in [-0.05, 0) is 38.1 Å². The molecule has 1 heterocycles. The molecule has 1 aromatic heterocycles. The fourth-order valence-electron chi connectivity index (χ4n) is 1.40. The highest BCUT2D eigenvalue weighted by Gasteiger charge is 2.05. The average Bonchev–Trinajstić information content (AvgIpc) is 2.12. The highest BCUT2D eigenvalue weighted by atomic mass is 35.5. The number of halogens is 2. The number of aliphatic hydroxyl groups is 1. The van der Waals surface area contributed by atoms with E-state index in [-0.39, 0.29) is 6.10 Å². The topological polar surface area (TPSA) is 36.4 Å². The highest BCUT2D eigenvalue weighted by Crippen LogP contribution is 2.15. The lowest BCUT2D eigenvalue weighted by Crippen LogP contribution is -2.22. The molecule has 0 saturated heterocycles. The summed E-state index contributed by atoms with van der Waals surface area (Å²) in [5.41, 5.74) is 1.03. The first-order chi connectivity index (χ1) is 7.47. The molecule has 0 aliphatic carbocycles. The van der Waals surface area contributed by atoms with Gasteiger partial charge in [0, 0.05) is 13.1 Å². The molecule has 0 aromatic carbocycles. The molecule has 16 heavy (non-hydrogen) atoms. The van der Waals surface area contributed by atoms with E-state index in [1.165, 1.54) is 0 Å². The normalized spacial score (nSPS) is 13.1. The standard InChI is InChI=1S/C11H16Cl2N2O/c1-8(16)3-4-15(2)7-9-5-10(12)14-11(13)6-9/h5-6,8,16H,3-4,7H2,1-2H3. The van der Waals surface area contributed by atoms with Gasteiger partial charge in [0.2, 0.25) is 0 Å². The lowest BCUT2D eigenvalue weighted by molar-refractivity contribution is 0.163. The first-order valence-corrected chi connectivity index (χ1v) is 5.91. The Morgan fingerprint density at radius 2 is 1.94 bits per heavy atom. The maximum atomic E-state index is 9.18. The van der Waals surface area contributed by atoms with E-state index >= 15 is 0 Å². The molecule has 1 N–H and O–H groups in total. The summed E-state index contributed by atoms with van der Waals surface area (Å²) in [6.45, 7) is 3.36. The Labute approximate surface area is 106 Å². The zero-order valence-corrected chi connectivity index (χ0v) is 11.0. The van der Waals surface area contributed by atoms with Crippen LogP contribution in [0.15, 0.2) is 12.1 Å². The molecular formula is C11H16Cl2N2O. The van der Waals surface area contributed by atoms with Crippen LogP contribution in [0.1, 0.15) is 18.9 Å². The Morgan fingerprint density at radius 1 is 1.38 bits per heavy atom. The van der Waals surface area contributed by atoms with Crippen LogP contribution >= 0.6 is 23.2 Å². The molecule has 0 aliphatic rings. The smallest absolute Gasteiger partial charge is 0.131 e. The number of rotatable bonds is 5. The van der Waals surface area contributed by atoms with Gasteiger partial charge in [0.25, 0.3) is 0 Å². The number of hydrogen-bond acceptors (Lipinski definition) is 3. The first kappa shape index (κ1) is 13.7. The van der Waals surface area contributed by atoms with Crippen LogP contribution in [0.4, 0.5) is 0 Å². The molecule has 3 nitrogen and oxygen atoms in total. The molecular weight excluding hydrogens is 247 g/mol. The molecule has 5 heteroatoms. The fraction of sp³-hybridized carbons (Fsp3) is 0.545. The van der Waals surface area contributed by atoms with Gasteiger partial charge in [0.05, 0.1) is 6.10 Å². The van der Waals surface area contributed by atoms with Gasteiger partial charge in [-0.1, -0.05) is 23.2 Å². The van der Waals surface area contributed by atoms with Crippen molar-refractivity contribution >= 4 is 23.2 Å². The molecule has 0 spiro atoms. The van der Waals surface area contributed by atoms with Crippen molar-refractivity contribution in [3.63, 3.8) is 0 Å². The van der Waals surface area contributed by atoms with Crippen LogP contribution in [0.5, 0.6) is 0 Å². The van der Waals surface area contributed by atoms with Crippen molar-refractivity contribution in [3.8, 4) is 0 Å². The van der Waals surface area contributed by atoms with Crippen molar-refractivity contribution in [2.24, 2.45) is 0 Å². The second-order valence-corrected chi connectivity index (χ2v) is 4.77. The summed E-state index contributed by atoms with van der Waals surface area (Å²) in [6, 6.07) is 3.60. The second-order valence-electron chi connectivity index (χ2n) is 4.00. The minimum Gasteiger partial charge on any atom is -0.393 e. The largest absolute Gasteiger partial charge is 0.393 e. The summed E-state index contributed by atoms with van der Waals surface area (Å²) in [5.74, 6) is 0. The van der Waals surface area contributed by atoms with Crippen molar-refractivity contribution in [3.05, 3.63) is 28.0 Å². The predicted molar refractivity (Wildman–Crippen MR) is 66.9 cm³/mol. The number of aliphatic hydroxyl groups excluding tert-OH is 1. The summed E-state index contributed by atoms with van der Waals surface area (Å²) in [5, 5.41) is 9.99. The highest BCUT2D eigenvalue weighted by molar-refractivity contribution is 6.32. The van der Waals surface area contributed by atoms with Crippen LogP contribution in [0, 0.1) is 0 Å². The Morgan fingerprint density at radius 3 is 2.44 bits per heavy atom. The van der Waals surface area contributed by atoms with E-state index in [0.717, 1.165) is 25.1 Å². The molecule has 1 aromatic rings. The van der Waals surface area contributed by atoms with Crippen LogP contribution < -0.4 is 0 Å². The zero-order chi connectivity index (χ0) is 12.1. The Kier molecular flexibility index (Phi) is 5.49. The number of aromatic nitrogens is 1. The molecule has 90 valence electrons. The molecule has 0 amide bonds. The summed E-state index contributed by atoms with van der Waals surface area (Å²) >= 11 is 11.6. The van der Waals surface area contributed by atoms with Crippen molar-refractivity contribution in [2.75, 3.05) is 13.6 Å². The maximum Gasteiger partial charge on any atom is 0.131 e. The Balaban J connectivity index is 2.52. The SMILES string of the molecule is CC(O)CCN(C)Cc1cc(Cl)nc(Cl)c1. The van der Waals surface area contributed by atoms with E-state index in [1.54, 1.807) is 19.1 Å². The summed E-state index contributed by atoms with van der Waals surface area (Å²) in [6.07, 6.45) is 0.482. The van der Waals surface area contributed by atoms with Gasteiger partial charge >= 0.3 is 0 Å². The first-order valence-electron chi connectivity index (χ1n) is 5.16. The van der Waals surface area contributed by atoms with Crippen molar-refractivity contribution < 1.29 is 5.11 Å². The van der Waals surface area contributed by atoms with Crippen LogP contribution in [-0.4, -0.2) is 34.7 Å². The molecule has 1 atom stereocenters. The van der Waals surface area contributed by atoms with E-state index in [1.807, 2.05) is 7.05 Å². The molecule has 0 aliphatic heterocycles. The molecule has 1 rings (SSSR count). The third-order valence-electron chi connectivity index (χ3n) is 2.20. The lowest BCUT2D eigenvalue weighted by Gasteiger charge is -2.17. The number of nitrogens with zero attached hydrogens (tertiary/aromatic N) is 2. The number of pyridine rings is 1. The molecule has 0 fully saturated rings. The van der Waals surface area contributed by atoms with E-state index < -0.39 is 0 Å². The molecule has 0 saturated carbocycles. The van der Waals surface area contributed by atoms with Crippen molar-refractivity contribution in [1.82, 2.24) is 9.88 Å². The maximum absolute atomic E-state index is 9.18. The van der Waals surface area contributed by atoms with Gasteiger partial charge < -0.3 is 10.0 Å². The zero-order valence-electron chi connectivity index (χ0n) is 9.45. The summed E-state index contributed by atoms with van der Waals surface area (Å²) in [4.78, 5) is 5.99. The van der Waals surface area contributed by atoms with E-state index in [4.69, 9.17) is 23.2 Å². The lowest BCUT2D eigenvalue weighted by atomic mass is 10.2. The van der Waals surface area contributed by atoms with E-state index in [0.29, 0.717) is 10.3 Å². The van der Waals surface area contributed by atoms with Crippen LogP contribution in [0.2, 0.25) is 10.3 Å². The number of hydrogen-bond donors (Lipinski definition) is 1. The van der Waals surface area contributed by atoms with Crippen LogP contribution in [0.25, 0.3) is 0 Å². The van der Waals surface area contributed by atoms with Crippen LogP contribution in [-0.2, 0) is 6.54 Å². The van der Waals surface area contributed by atoms with Gasteiger partial charge in [-0.15, -0.1) is 0 Å². The quantitative estimate of drug-likeness (QED) is 0.829. The van der Waals surface area contributed by atoms with Gasteiger partial charge in [-0.3, -0.25) is 0 Å². The van der Waals surface area contributed by atoms with E-state index in [9.17, 15) is 5.11 Å². The second kappa shape index (κ2) is 6.40. The minimum atomic E-state index is -0.271.